The third kappa shape index (κ3) is 2.81. The van der Waals surface area contributed by atoms with Crippen LogP contribution in [0.5, 0.6) is 5.75 Å². The van der Waals surface area contributed by atoms with Gasteiger partial charge in [-0.3, -0.25) is 9.20 Å². The lowest BCUT2D eigenvalue weighted by Crippen LogP contribution is -2.36. The monoisotopic (exact) mass is 399 g/mol. The van der Waals surface area contributed by atoms with E-state index in [2.05, 4.69) is 11.4 Å². The fraction of sp³-hybridized carbons (Fsp3) is 0.429. The number of aromatic nitrogens is 1. The summed E-state index contributed by atoms with van der Waals surface area (Å²) in [4.78, 5) is 26.3. The summed E-state index contributed by atoms with van der Waals surface area (Å²) in [5.41, 5.74) is 1.67. The summed E-state index contributed by atoms with van der Waals surface area (Å²) in [6.45, 7) is 2.11. The van der Waals surface area contributed by atoms with Crippen LogP contribution in [-0.2, 0) is 0 Å². The van der Waals surface area contributed by atoms with Crippen LogP contribution in [0.3, 0.4) is 0 Å². The summed E-state index contributed by atoms with van der Waals surface area (Å²) < 4.78 is 22.0. The van der Waals surface area contributed by atoms with Crippen LogP contribution in [0.4, 0.5) is 10.1 Å². The van der Waals surface area contributed by atoms with Crippen molar-refractivity contribution in [1.29, 1.82) is 0 Å². The number of halogens is 1. The van der Waals surface area contributed by atoms with Gasteiger partial charge in [0.2, 0.25) is 0 Å². The number of nitrogens with zero attached hydrogens (tertiary/aromatic N) is 2. The molecule has 0 unspecified atom stereocenters. The molecule has 2 N–H and O–H groups in total. The number of nitrogens with one attached hydrogen (secondary N) is 1. The molecule has 8 heteroatoms. The molecule has 5 rings (SSSR count). The standard InChI is InChI=1S/C21H22FN3O4/c1-29-19-17-13(11-4-5-11)7-14(21(27)28)20(26)25(17)9-15(22)18(19)24-8-12-3-2-6-23-16(12)10-24/h3,7,9,11,16,23H,2,4-6,8,10H2,1H3,(H,27,28)/t16-/m0/s1. The van der Waals surface area contributed by atoms with Crippen molar-refractivity contribution in [2.45, 2.75) is 31.2 Å². The minimum atomic E-state index is -1.31. The van der Waals surface area contributed by atoms with E-state index in [1.165, 1.54) is 18.7 Å². The number of carbonyl (C=O) groups is 1. The number of anilines is 1. The molecule has 1 saturated carbocycles. The molecule has 2 aromatic rings. The van der Waals surface area contributed by atoms with Crippen LogP contribution >= 0.6 is 0 Å². The van der Waals surface area contributed by atoms with Crippen molar-refractivity contribution < 1.29 is 19.0 Å². The van der Waals surface area contributed by atoms with Crippen molar-refractivity contribution >= 4 is 17.2 Å². The normalized spacial score (nSPS) is 21.2. The molecule has 1 saturated heterocycles. The number of carboxylic acid groups (broad SMARTS) is 1. The Morgan fingerprint density at radius 3 is 2.83 bits per heavy atom. The predicted octanol–water partition coefficient (Wildman–Crippen LogP) is 2.13. The largest absolute Gasteiger partial charge is 0.492 e. The van der Waals surface area contributed by atoms with E-state index in [9.17, 15) is 14.7 Å². The third-order valence-electron chi connectivity index (χ3n) is 6.10. The van der Waals surface area contributed by atoms with Gasteiger partial charge in [-0.05, 0) is 48.9 Å². The highest BCUT2D eigenvalue weighted by Gasteiger charge is 2.35. The highest BCUT2D eigenvalue weighted by Crippen LogP contribution is 2.47. The van der Waals surface area contributed by atoms with Crippen LogP contribution in [0.1, 0.15) is 41.1 Å². The second-order valence-corrected chi connectivity index (χ2v) is 7.93. The molecule has 7 nitrogen and oxygen atoms in total. The minimum Gasteiger partial charge on any atom is -0.492 e. The fourth-order valence-corrected chi connectivity index (χ4v) is 4.58. The van der Waals surface area contributed by atoms with Gasteiger partial charge in [-0.25, -0.2) is 9.18 Å². The van der Waals surface area contributed by atoms with Crippen LogP contribution in [0, 0.1) is 5.82 Å². The van der Waals surface area contributed by atoms with Gasteiger partial charge in [-0.15, -0.1) is 0 Å². The Kier molecular flexibility index (Phi) is 4.13. The van der Waals surface area contributed by atoms with E-state index in [4.69, 9.17) is 4.74 Å². The number of fused-ring (bicyclic) bond motifs is 2. The number of rotatable bonds is 4. The topological polar surface area (TPSA) is 83.3 Å². The van der Waals surface area contributed by atoms with Gasteiger partial charge in [0.25, 0.3) is 5.56 Å². The molecular weight excluding hydrogens is 377 g/mol. The predicted molar refractivity (Wildman–Crippen MR) is 106 cm³/mol. The van der Waals surface area contributed by atoms with Gasteiger partial charge in [-0.2, -0.15) is 0 Å². The van der Waals surface area contributed by atoms with E-state index in [1.807, 2.05) is 4.90 Å². The smallest absolute Gasteiger partial charge is 0.341 e. The molecule has 2 fully saturated rings. The average Bonchev–Trinajstić information content (AvgIpc) is 3.45. The van der Waals surface area contributed by atoms with Crippen LogP contribution in [0.15, 0.2) is 28.7 Å². The molecule has 1 aliphatic carbocycles. The number of aromatic carboxylic acids is 1. The van der Waals surface area contributed by atoms with Crippen molar-refractivity contribution in [3.63, 3.8) is 0 Å². The molecule has 2 aromatic heterocycles. The summed E-state index contributed by atoms with van der Waals surface area (Å²) in [6, 6.07) is 1.62. The zero-order valence-corrected chi connectivity index (χ0v) is 16.1. The lowest BCUT2D eigenvalue weighted by atomic mass is 10.0. The first kappa shape index (κ1) is 18.2. The molecule has 2 aliphatic heterocycles. The first-order valence-corrected chi connectivity index (χ1v) is 9.86. The number of methoxy groups -OCH3 is 1. The van der Waals surface area contributed by atoms with E-state index in [-0.39, 0.29) is 17.5 Å². The van der Waals surface area contributed by atoms with Crippen LogP contribution in [0.2, 0.25) is 0 Å². The SMILES string of the molecule is COc1c(N2CC3=CCCN[C@H]3C2)c(F)cn2c(=O)c(C(=O)O)cc(C3CC3)c12. The molecule has 0 amide bonds. The first-order valence-electron chi connectivity index (χ1n) is 9.86. The van der Waals surface area contributed by atoms with E-state index in [1.54, 1.807) is 0 Å². The zero-order valence-electron chi connectivity index (χ0n) is 16.1. The second kappa shape index (κ2) is 6.59. The lowest BCUT2D eigenvalue weighted by Gasteiger charge is -2.24. The number of hydrogen-bond donors (Lipinski definition) is 2. The van der Waals surface area contributed by atoms with Gasteiger partial charge in [0, 0.05) is 19.1 Å². The fourth-order valence-electron chi connectivity index (χ4n) is 4.58. The molecule has 0 spiro atoms. The van der Waals surface area contributed by atoms with Crippen molar-refractivity contribution in [2.24, 2.45) is 0 Å². The summed E-state index contributed by atoms with van der Waals surface area (Å²) in [5.74, 6) is -1.46. The molecule has 0 radical (unpaired) electrons. The van der Waals surface area contributed by atoms with Crippen LogP contribution in [-0.4, -0.2) is 48.3 Å². The Balaban J connectivity index is 1.75. The van der Waals surface area contributed by atoms with E-state index in [0.29, 0.717) is 30.0 Å². The summed E-state index contributed by atoms with van der Waals surface area (Å²) in [6.07, 6.45) is 6.08. The van der Waals surface area contributed by atoms with Gasteiger partial charge in [0.15, 0.2) is 11.6 Å². The first-order chi connectivity index (χ1) is 14.0. The van der Waals surface area contributed by atoms with E-state index < -0.39 is 17.3 Å². The summed E-state index contributed by atoms with van der Waals surface area (Å²) in [7, 11) is 1.46. The highest BCUT2D eigenvalue weighted by atomic mass is 19.1. The van der Waals surface area contributed by atoms with Crippen LogP contribution in [0.25, 0.3) is 5.52 Å². The molecule has 29 heavy (non-hydrogen) atoms. The van der Waals surface area contributed by atoms with Gasteiger partial charge < -0.3 is 20.1 Å². The molecule has 0 bridgehead atoms. The van der Waals surface area contributed by atoms with Gasteiger partial charge in [-0.1, -0.05) is 6.08 Å². The van der Waals surface area contributed by atoms with Gasteiger partial charge >= 0.3 is 5.97 Å². The molecule has 4 heterocycles. The van der Waals surface area contributed by atoms with Crippen molar-refractivity contribution in [3.8, 4) is 5.75 Å². The Hall–Kier alpha value is -2.87. The second-order valence-electron chi connectivity index (χ2n) is 7.93. The Labute approximate surface area is 166 Å². The van der Waals surface area contributed by atoms with Gasteiger partial charge in [0.1, 0.15) is 11.3 Å². The number of hydrogen-bond acceptors (Lipinski definition) is 5. The number of ether oxygens (including phenoxy) is 1. The van der Waals surface area contributed by atoms with Crippen molar-refractivity contribution in [2.75, 3.05) is 31.6 Å². The maximum atomic E-state index is 15.3. The van der Waals surface area contributed by atoms with Crippen LogP contribution < -0.4 is 20.5 Å². The Morgan fingerprint density at radius 1 is 1.38 bits per heavy atom. The highest BCUT2D eigenvalue weighted by molar-refractivity contribution is 5.90. The van der Waals surface area contributed by atoms with E-state index >= 15 is 4.39 Å². The van der Waals surface area contributed by atoms with Gasteiger partial charge in [0.05, 0.1) is 18.8 Å². The summed E-state index contributed by atoms with van der Waals surface area (Å²) in [5, 5.41) is 12.9. The molecule has 152 valence electrons. The molecular formula is C21H22FN3O4. The minimum absolute atomic E-state index is 0.154. The number of pyridine rings is 2. The van der Waals surface area contributed by atoms with Crippen molar-refractivity contribution in [1.82, 2.24) is 9.72 Å². The molecule has 3 aliphatic rings. The summed E-state index contributed by atoms with van der Waals surface area (Å²) >= 11 is 0. The Morgan fingerprint density at radius 2 is 2.17 bits per heavy atom. The lowest BCUT2D eigenvalue weighted by molar-refractivity contribution is 0.0694. The molecule has 0 aromatic carbocycles. The maximum absolute atomic E-state index is 15.3. The maximum Gasteiger partial charge on any atom is 0.341 e. The molecule has 1 atom stereocenters. The van der Waals surface area contributed by atoms with Crippen molar-refractivity contribution in [3.05, 3.63) is 51.2 Å². The zero-order chi connectivity index (χ0) is 20.3. The third-order valence-corrected chi connectivity index (χ3v) is 6.10. The number of carboxylic acids is 1. The average molecular weight is 399 g/mol. The Bertz CT molecular complexity index is 1120. The quantitative estimate of drug-likeness (QED) is 0.767. The van der Waals surface area contributed by atoms with E-state index in [0.717, 1.165) is 42.0 Å².